The van der Waals surface area contributed by atoms with Crippen molar-refractivity contribution in [3.63, 3.8) is 0 Å². The summed E-state index contributed by atoms with van der Waals surface area (Å²) in [7, 11) is 0. The topological polar surface area (TPSA) is 63.9 Å². The van der Waals surface area contributed by atoms with E-state index in [1.165, 1.54) is 0 Å². The summed E-state index contributed by atoms with van der Waals surface area (Å²) in [6, 6.07) is 9.30. The highest BCUT2D eigenvalue weighted by atomic mass is 16.5. The summed E-state index contributed by atoms with van der Waals surface area (Å²) < 4.78 is 5.52. The smallest absolute Gasteiger partial charge is 0.132 e. The van der Waals surface area contributed by atoms with Gasteiger partial charge in [0.15, 0.2) is 0 Å². The van der Waals surface area contributed by atoms with Crippen molar-refractivity contribution in [1.82, 2.24) is 10.2 Å². The van der Waals surface area contributed by atoms with Crippen LogP contribution in [0.5, 0.6) is 5.75 Å². The number of aromatic amines is 1. The summed E-state index contributed by atoms with van der Waals surface area (Å²) in [6.07, 6.45) is 0. The molecule has 4 nitrogen and oxygen atoms in total. The minimum atomic E-state index is 0.452. The van der Waals surface area contributed by atoms with E-state index in [1.54, 1.807) is 6.07 Å². The Morgan fingerprint density at radius 3 is 2.93 bits per heavy atom. The number of nitrogens with zero attached hydrogens (tertiary/aromatic N) is 1. The number of aryl methyl sites for hydroxylation is 1. The molecule has 0 atom stereocenters. The van der Waals surface area contributed by atoms with Gasteiger partial charge in [-0.15, -0.1) is 0 Å². The van der Waals surface area contributed by atoms with Crippen molar-refractivity contribution in [3.8, 4) is 5.75 Å². The van der Waals surface area contributed by atoms with Crippen LogP contribution in [0.1, 0.15) is 11.4 Å². The predicted molar refractivity (Wildman–Crippen MR) is 58.5 cm³/mol. The number of nitrogens with two attached hydrogens (primary N) is 1. The van der Waals surface area contributed by atoms with E-state index in [0.717, 1.165) is 17.1 Å². The first-order valence-electron chi connectivity index (χ1n) is 4.73. The monoisotopic (exact) mass is 203 g/mol. The van der Waals surface area contributed by atoms with Gasteiger partial charge in [-0.3, -0.25) is 5.10 Å². The largest absolute Gasteiger partial charge is 0.487 e. The fourth-order valence-electron chi connectivity index (χ4n) is 1.31. The Kier molecular flexibility index (Phi) is 2.58. The summed E-state index contributed by atoms with van der Waals surface area (Å²) >= 11 is 0. The summed E-state index contributed by atoms with van der Waals surface area (Å²) in [5.74, 6) is 0.760. The van der Waals surface area contributed by atoms with Crippen molar-refractivity contribution in [2.45, 2.75) is 13.5 Å². The zero-order chi connectivity index (χ0) is 10.7. The number of benzene rings is 1. The number of nitrogens with one attached hydrogen (secondary N) is 1. The van der Waals surface area contributed by atoms with Crippen LogP contribution >= 0.6 is 0 Å². The fraction of sp³-hybridized carbons (Fsp3) is 0.182. The molecule has 3 N–H and O–H groups in total. The molecule has 0 saturated carbocycles. The van der Waals surface area contributed by atoms with Gasteiger partial charge in [0.1, 0.15) is 12.4 Å². The number of ether oxygens (including phenoxy) is 1. The van der Waals surface area contributed by atoms with Crippen LogP contribution in [-0.2, 0) is 6.61 Å². The first kappa shape index (κ1) is 9.58. The Morgan fingerprint density at radius 1 is 1.40 bits per heavy atom. The molecule has 0 saturated heterocycles. The van der Waals surface area contributed by atoms with Crippen molar-refractivity contribution in [2.24, 2.45) is 0 Å². The molecule has 2 rings (SSSR count). The zero-order valence-corrected chi connectivity index (χ0v) is 8.53. The Balaban J connectivity index is 1.99. The molecule has 0 aliphatic rings. The SMILES string of the molecule is Cc1cc(COc2cccc(N)c2)n[nH]1. The van der Waals surface area contributed by atoms with Crippen LogP contribution in [0.2, 0.25) is 0 Å². The maximum absolute atomic E-state index is 5.63. The van der Waals surface area contributed by atoms with E-state index >= 15 is 0 Å². The molecule has 78 valence electrons. The van der Waals surface area contributed by atoms with Gasteiger partial charge in [-0.05, 0) is 25.1 Å². The molecule has 4 heteroatoms. The van der Waals surface area contributed by atoms with Crippen LogP contribution in [0, 0.1) is 6.92 Å². The average molecular weight is 203 g/mol. The van der Waals surface area contributed by atoms with Crippen LogP contribution in [0.15, 0.2) is 30.3 Å². The Morgan fingerprint density at radius 2 is 2.27 bits per heavy atom. The summed E-state index contributed by atoms with van der Waals surface area (Å²) in [5.41, 5.74) is 8.24. The van der Waals surface area contributed by atoms with Gasteiger partial charge < -0.3 is 10.5 Å². The lowest BCUT2D eigenvalue weighted by Crippen LogP contribution is -1.96. The van der Waals surface area contributed by atoms with Gasteiger partial charge in [0, 0.05) is 17.4 Å². The average Bonchev–Trinajstić information content (AvgIpc) is 2.62. The molecule has 1 heterocycles. The van der Waals surface area contributed by atoms with Gasteiger partial charge in [0.25, 0.3) is 0 Å². The molecule has 1 aromatic heterocycles. The van der Waals surface area contributed by atoms with Crippen LogP contribution in [-0.4, -0.2) is 10.2 Å². The summed E-state index contributed by atoms with van der Waals surface area (Å²) in [4.78, 5) is 0. The number of H-pyrrole nitrogens is 1. The van der Waals surface area contributed by atoms with Crippen LogP contribution in [0.4, 0.5) is 5.69 Å². The summed E-state index contributed by atoms with van der Waals surface area (Å²) in [6.45, 7) is 2.41. The normalized spacial score (nSPS) is 10.2. The standard InChI is InChI=1S/C11H13N3O/c1-8-5-10(14-13-8)7-15-11-4-2-3-9(12)6-11/h2-6H,7,12H2,1H3,(H,13,14). The van der Waals surface area contributed by atoms with Crippen LogP contribution in [0.25, 0.3) is 0 Å². The van der Waals surface area contributed by atoms with E-state index < -0.39 is 0 Å². The van der Waals surface area contributed by atoms with E-state index in [0.29, 0.717) is 12.3 Å². The quantitative estimate of drug-likeness (QED) is 0.748. The van der Waals surface area contributed by atoms with Gasteiger partial charge in [-0.2, -0.15) is 5.10 Å². The van der Waals surface area contributed by atoms with Gasteiger partial charge in [0.2, 0.25) is 0 Å². The van der Waals surface area contributed by atoms with Gasteiger partial charge in [0.05, 0.1) is 5.69 Å². The van der Waals surface area contributed by atoms with E-state index in [1.807, 2.05) is 31.2 Å². The molecule has 0 spiro atoms. The third kappa shape index (κ3) is 2.49. The van der Waals surface area contributed by atoms with Crippen molar-refractivity contribution < 1.29 is 4.74 Å². The number of hydrogen-bond acceptors (Lipinski definition) is 3. The van der Waals surface area contributed by atoms with E-state index in [2.05, 4.69) is 10.2 Å². The highest BCUT2D eigenvalue weighted by molar-refractivity contribution is 5.43. The minimum absolute atomic E-state index is 0.452. The number of rotatable bonds is 3. The third-order valence-electron chi connectivity index (χ3n) is 2.00. The first-order chi connectivity index (χ1) is 7.24. The molecular weight excluding hydrogens is 190 g/mol. The van der Waals surface area contributed by atoms with Crippen molar-refractivity contribution in [1.29, 1.82) is 0 Å². The highest BCUT2D eigenvalue weighted by Crippen LogP contribution is 2.15. The van der Waals surface area contributed by atoms with E-state index in [4.69, 9.17) is 10.5 Å². The van der Waals surface area contributed by atoms with Gasteiger partial charge in [-0.25, -0.2) is 0 Å². The Hall–Kier alpha value is -1.97. The summed E-state index contributed by atoms with van der Waals surface area (Å²) in [5, 5.41) is 6.93. The molecule has 1 aromatic carbocycles. The molecule has 0 fully saturated rings. The molecular formula is C11H13N3O. The minimum Gasteiger partial charge on any atom is -0.487 e. The van der Waals surface area contributed by atoms with Crippen LogP contribution < -0.4 is 10.5 Å². The molecule has 0 aliphatic heterocycles. The Bertz CT molecular complexity index is 451. The second kappa shape index (κ2) is 4.04. The lowest BCUT2D eigenvalue weighted by Gasteiger charge is -2.04. The lowest BCUT2D eigenvalue weighted by molar-refractivity contribution is 0.301. The van der Waals surface area contributed by atoms with E-state index in [9.17, 15) is 0 Å². The van der Waals surface area contributed by atoms with Gasteiger partial charge >= 0.3 is 0 Å². The third-order valence-corrected chi connectivity index (χ3v) is 2.00. The van der Waals surface area contributed by atoms with Gasteiger partial charge in [-0.1, -0.05) is 6.07 Å². The number of hydrogen-bond donors (Lipinski definition) is 2. The molecule has 0 amide bonds. The molecule has 0 radical (unpaired) electrons. The fourth-order valence-corrected chi connectivity index (χ4v) is 1.31. The molecule has 0 unspecified atom stereocenters. The maximum Gasteiger partial charge on any atom is 0.132 e. The number of nitrogen functional groups attached to an aromatic ring is 1. The molecule has 15 heavy (non-hydrogen) atoms. The van der Waals surface area contributed by atoms with Crippen molar-refractivity contribution in [2.75, 3.05) is 5.73 Å². The predicted octanol–water partition coefficient (Wildman–Crippen LogP) is 1.88. The number of aromatic nitrogens is 2. The van der Waals surface area contributed by atoms with E-state index in [-0.39, 0.29) is 0 Å². The molecule has 0 bridgehead atoms. The van der Waals surface area contributed by atoms with Crippen LogP contribution in [0.3, 0.4) is 0 Å². The second-order valence-corrected chi connectivity index (χ2v) is 3.40. The lowest BCUT2D eigenvalue weighted by atomic mass is 10.3. The second-order valence-electron chi connectivity index (χ2n) is 3.40. The molecule has 0 aliphatic carbocycles. The first-order valence-corrected chi connectivity index (χ1v) is 4.73. The van der Waals surface area contributed by atoms with Crippen molar-refractivity contribution in [3.05, 3.63) is 41.7 Å². The highest BCUT2D eigenvalue weighted by Gasteiger charge is 1.99. The number of anilines is 1. The van der Waals surface area contributed by atoms with Crippen molar-refractivity contribution >= 4 is 5.69 Å². The zero-order valence-electron chi connectivity index (χ0n) is 8.53. The Labute approximate surface area is 88.1 Å². The maximum atomic E-state index is 5.63. The molecule has 2 aromatic rings.